The first kappa shape index (κ1) is 20.9. The van der Waals surface area contributed by atoms with Crippen molar-refractivity contribution < 1.29 is 50.0 Å². The zero-order chi connectivity index (χ0) is 18.9. The van der Waals surface area contributed by atoms with E-state index in [9.17, 15) is 30.6 Å². The molecule has 2 unspecified atom stereocenters. The zero-order valence-corrected chi connectivity index (χ0v) is 14.1. The van der Waals surface area contributed by atoms with E-state index in [1.54, 1.807) is 13.8 Å². The monoisotopic (exact) mass is 368 g/mol. The molecule has 0 spiro atoms. The molecule has 0 aromatic heterocycles. The summed E-state index contributed by atoms with van der Waals surface area (Å²) in [5.74, 6) is -0.132. The standard InChI is InChI=1S/C15H28O10/c1-5(2)14-12(21)10(19)9(18)7(24-14)4-23-15-13(22)11(20)8(17)6(3-16)25-15/h5-22H,3-4H2,1-2H3/t6-,7-,8-,9-,10+,11+,12-,13-,14?,15?/m1/s1. The highest BCUT2D eigenvalue weighted by molar-refractivity contribution is 4.94. The maximum Gasteiger partial charge on any atom is 0.186 e. The summed E-state index contributed by atoms with van der Waals surface area (Å²) in [7, 11) is 0. The van der Waals surface area contributed by atoms with Crippen molar-refractivity contribution in [3.63, 3.8) is 0 Å². The Labute approximate surface area is 145 Å². The number of aliphatic hydroxyl groups excluding tert-OH is 7. The van der Waals surface area contributed by atoms with Gasteiger partial charge in [-0.25, -0.2) is 0 Å². The first-order chi connectivity index (χ1) is 11.7. The summed E-state index contributed by atoms with van der Waals surface area (Å²) in [4.78, 5) is 0. The molecule has 10 heteroatoms. The zero-order valence-electron chi connectivity index (χ0n) is 14.1. The number of ether oxygens (including phenoxy) is 3. The molecule has 7 N–H and O–H groups in total. The van der Waals surface area contributed by atoms with Crippen molar-refractivity contribution in [1.29, 1.82) is 0 Å². The molecule has 0 bridgehead atoms. The fourth-order valence-corrected chi connectivity index (χ4v) is 3.06. The molecular weight excluding hydrogens is 340 g/mol. The lowest BCUT2D eigenvalue weighted by Gasteiger charge is -2.43. The van der Waals surface area contributed by atoms with Crippen molar-refractivity contribution in [1.82, 2.24) is 0 Å². The van der Waals surface area contributed by atoms with Crippen molar-refractivity contribution in [2.45, 2.75) is 75.1 Å². The second kappa shape index (κ2) is 8.53. The van der Waals surface area contributed by atoms with Crippen LogP contribution in [0, 0.1) is 5.92 Å². The van der Waals surface area contributed by atoms with Gasteiger partial charge in [0.15, 0.2) is 6.29 Å². The molecule has 2 aliphatic heterocycles. The van der Waals surface area contributed by atoms with Crippen LogP contribution in [-0.4, -0.2) is 110 Å². The summed E-state index contributed by atoms with van der Waals surface area (Å²) in [5.41, 5.74) is 0. The lowest BCUT2D eigenvalue weighted by molar-refractivity contribution is -0.315. The van der Waals surface area contributed by atoms with Gasteiger partial charge in [0, 0.05) is 0 Å². The minimum Gasteiger partial charge on any atom is -0.394 e. The highest BCUT2D eigenvalue weighted by Crippen LogP contribution is 2.27. The molecule has 0 aromatic carbocycles. The maximum atomic E-state index is 10.0. The Morgan fingerprint density at radius 2 is 1.32 bits per heavy atom. The van der Waals surface area contributed by atoms with Crippen molar-refractivity contribution in [3.8, 4) is 0 Å². The Morgan fingerprint density at radius 3 is 1.88 bits per heavy atom. The van der Waals surface area contributed by atoms with E-state index < -0.39 is 67.8 Å². The Kier molecular flexibility index (Phi) is 7.13. The average Bonchev–Trinajstić information content (AvgIpc) is 2.58. The summed E-state index contributed by atoms with van der Waals surface area (Å²) in [6.45, 7) is 2.67. The second-order valence-corrected chi connectivity index (χ2v) is 6.89. The second-order valence-electron chi connectivity index (χ2n) is 6.89. The summed E-state index contributed by atoms with van der Waals surface area (Å²) in [6, 6.07) is 0. The predicted octanol–water partition coefficient (Wildman–Crippen LogP) is -3.69. The van der Waals surface area contributed by atoms with Crippen molar-refractivity contribution in [3.05, 3.63) is 0 Å². The molecule has 2 heterocycles. The van der Waals surface area contributed by atoms with E-state index in [0.717, 1.165) is 0 Å². The van der Waals surface area contributed by atoms with Crippen molar-refractivity contribution >= 4 is 0 Å². The molecule has 25 heavy (non-hydrogen) atoms. The van der Waals surface area contributed by atoms with E-state index in [1.807, 2.05) is 0 Å². The Morgan fingerprint density at radius 1 is 0.760 bits per heavy atom. The van der Waals surface area contributed by atoms with Gasteiger partial charge in [0.2, 0.25) is 0 Å². The van der Waals surface area contributed by atoms with E-state index in [0.29, 0.717) is 0 Å². The predicted molar refractivity (Wildman–Crippen MR) is 81.2 cm³/mol. The summed E-state index contributed by atoms with van der Waals surface area (Å²) in [5, 5.41) is 68.5. The Bertz CT molecular complexity index is 419. The van der Waals surface area contributed by atoms with E-state index in [1.165, 1.54) is 0 Å². The molecule has 2 aliphatic rings. The molecule has 0 aromatic rings. The number of hydrogen-bond donors (Lipinski definition) is 7. The molecule has 0 saturated carbocycles. The van der Waals surface area contributed by atoms with Gasteiger partial charge in [-0.05, 0) is 5.92 Å². The SMILES string of the molecule is CC(C)C1O[C@H](COC2O[C@H](CO)[C@@H](O)[C@H](O)[C@H]2O)[C@@H](O)[C@H](O)[C@H]1O. The fraction of sp³-hybridized carbons (Fsp3) is 1.00. The van der Waals surface area contributed by atoms with Crippen LogP contribution in [0.2, 0.25) is 0 Å². The van der Waals surface area contributed by atoms with Crippen molar-refractivity contribution in [2.24, 2.45) is 5.92 Å². The van der Waals surface area contributed by atoms with Crippen LogP contribution in [0.5, 0.6) is 0 Å². The quantitative estimate of drug-likeness (QED) is 0.256. The third-order valence-corrected chi connectivity index (χ3v) is 4.68. The van der Waals surface area contributed by atoms with Gasteiger partial charge in [-0.2, -0.15) is 0 Å². The van der Waals surface area contributed by atoms with Gasteiger partial charge < -0.3 is 50.0 Å². The Hall–Kier alpha value is -0.400. The first-order valence-corrected chi connectivity index (χ1v) is 8.30. The number of hydrogen-bond acceptors (Lipinski definition) is 10. The van der Waals surface area contributed by atoms with Gasteiger partial charge in [0.1, 0.15) is 48.8 Å². The van der Waals surface area contributed by atoms with E-state index in [2.05, 4.69) is 0 Å². The largest absolute Gasteiger partial charge is 0.394 e. The van der Waals surface area contributed by atoms with Gasteiger partial charge >= 0.3 is 0 Å². The lowest BCUT2D eigenvalue weighted by Crippen LogP contribution is -2.62. The minimum atomic E-state index is -1.58. The van der Waals surface area contributed by atoms with Crippen LogP contribution < -0.4 is 0 Å². The van der Waals surface area contributed by atoms with Crippen LogP contribution in [0.3, 0.4) is 0 Å². The van der Waals surface area contributed by atoms with Crippen LogP contribution >= 0.6 is 0 Å². The topological polar surface area (TPSA) is 169 Å². The molecule has 10 atom stereocenters. The molecule has 2 fully saturated rings. The summed E-state index contributed by atoms with van der Waals surface area (Å²) in [6.07, 6.45) is -13.0. The van der Waals surface area contributed by atoms with Gasteiger partial charge in [-0.3, -0.25) is 0 Å². The molecule has 0 aliphatic carbocycles. The molecule has 2 rings (SSSR count). The van der Waals surface area contributed by atoms with Crippen LogP contribution in [0.1, 0.15) is 13.8 Å². The van der Waals surface area contributed by atoms with Gasteiger partial charge in [0.05, 0.1) is 19.3 Å². The maximum absolute atomic E-state index is 10.0. The third kappa shape index (κ3) is 4.30. The highest BCUT2D eigenvalue weighted by Gasteiger charge is 2.47. The Balaban J connectivity index is 1.99. The molecule has 0 amide bonds. The van der Waals surface area contributed by atoms with Crippen molar-refractivity contribution in [2.75, 3.05) is 13.2 Å². The van der Waals surface area contributed by atoms with E-state index in [-0.39, 0.29) is 12.5 Å². The lowest BCUT2D eigenvalue weighted by atomic mass is 9.89. The highest BCUT2D eigenvalue weighted by atomic mass is 16.7. The molecule has 10 nitrogen and oxygen atoms in total. The normalized spacial score (nSPS) is 48.7. The van der Waals surface area contributed by atoms with Gasteiger partial charge in [0.25, 0.3) is 0 Å². The van der Waals surface area contributed by atoms with Crippen LogP contribution in [0.25, 0.3) is 0 Å². The van der Waals surface area contributed by atoms with E-state index in [4.69, 9.17) is 19.3 Å². The smallest absolute Gasteiger partial charge is 0.186 e. The minimum absolute atomic E-state index is 0.132. The summed E-state index contributed by atoms with van der Waals surface area (Å²) >= 11 is 0. The van der Waals surface area contributed by atoms with Gasteiger partial charge in [-0.1, -0.05) is 13.8 Å². The van der Waals surface area contributed by atoms with Crippen LogP contribution in [0.15, 0.2) is 0 Å². The number of rotatable bonds is 5. The third-order valence-electron chi connectivity index (χ3n) is 4.68. The molecule has 0 radical (unpaired) electrons. The molecule has 148 valence electrons. The van der Waals surface area contributed by atoms with Gasteiger partial charge in [-0.15, -0.1) is 0 Å². The van der Waals surface area contributed by atoms with Crippen LogP contribution in [0.4, 0.5) is 0 Å². The van der Waals surface area contributed by atoms with E-state index >= 15 is 0 Å². The summed E-state index contributed by atoms with van der Waals surface area (Å²) < 4.78 is 16.1. The average molecular weight is 368 g/mol. The van der Waals surface area contributed by atoms with Crippen LogP contribution in [-0.2, 0) is 14.2 Å². The number of aliphatic hydroxyl groups is 7. The molecular formula is C15H28O10. The first-order valence-electron chi connectivity index (χ1n) is 8.30. The molecule has 2 saturated heterocycles. The fourth-order valence-electron chi connectivity index (χ4n) is 3.06.